The summed E-state index contributed by atoms with van der Waals surface area (Å²) < 4.78 is 0. The van der Waals surface area contributed by atoms with E-state index in [1.807, 2.05) is 0 Å². The lowest BCUT2D eigenvalue weighted by Crippen LogP contribution is -2.49. The molecule has 0 amide bonds. The SMILES string of the molecule is CCN1CC([O])C1. The van der Waals surface area contributed by atoms with E-state index in [2.05, 4.69) is 11.8 Å². The molecule has 0 aromatic carbocycles. The molecule has 7 heavy (non-hydrogen) atoms. The van der Waals surface area contributed by atoms with Gasteiger partial charge in [-0.05, 0) is 6.54 Å². The molecule has 2 nitrogen and oxygen atoms in total. The van der Waals surface area contributed by atoms with Crippen LogP contribution < -0.4 is 0 Å². The van der Waals surface area contributed by atoms with Crippen LogP contribution in [-0.2, 0) is 5.11 Å². The average molecular weight is 100 g/mol. The highest BCUT2D eigenvalue weighted by molar-refractivity contribution is 4.76. The molecule has 0 bridgehead atoms. The van der Waals surface area contributed by atoms with E-state index in [1.54, 1.807) is 0 Å². The minimum Gasteiger partial charge on any atom is -0.298 e. The topological polar surface area (TPSA) is 23.1 Å². The Bertz CT molecular complexity index is 59.1. The first kappa shape index (κ1) is 5.06. The molecule has 1 rings (SSSR count). The summed E-state index contributed by atoms with van der Waals surface area (Å²) in [6.07, 6.45) is -0.278. The zero-order chi connectivity index (χ0) is 5.28. The summed E-state index contributed by atoms with van der Waals surface area (Å²) in [5, 5.41) is 10.3. The van der Waals surface area contributed by atoms with Gasteiger partial charge in [-0.25, -0.2) is 5.11 Å². The van der Waals surface area contributed by atoms with Crippen LogP contribution in [0.3, 0.4) is 0 Å². The molecule has 1 aliphatic rings. The van der Waals surface area contributed by atoms with Crippen molar-refractivity contribution in [1.82, 2.24) is 4.90 Å². The van der Waals surface area contributed by atoms with E-state index >= 15 is 0 Å². The van der Waals surface area contributed by atoms with E-state index < -0.39 is 0 Å². The van der Waals surface area contributed by atoms with Crippen molar-refractivity contribution < 1.29 is 5.11 Å². The van der Waals surface area contributed by atoms with Crippen LogP contribution in [0.5, 0.6) is 0 Å². The highest BCUT2D eigenvalue weighted by atomic mass is 16.3. The van der Waals surface area contributed by atoms with Crippen LogP contribution in [0.4, 0.5) is 0 Å². The number of likely N-dealkylation sites (N-methyl/N-ethyl adjacent to an activating group) is 1. The Morgan fingerprint density at radius 2 is 2.29 bits per heavy atom. The smallest absolute Gasteiger partial charge is 0.118 e. The minimum absolute atomic E-state index is 0.278. The molecule has 0 aromatic rings. The van der Waals surface area contributed by atoms with Gasteiger partial charge in [0.15, 0.2) is 0 Å². The molecule has 0 aromatic heterocycles. The third-order valence-electron chi connectivity index (χ3n) is 1.37. The van der Waals surface area contributed by atoms with Gasteiger partial charge in [0.1, 0.15) is 6.10 Å². The second kappa shape index (κ2) is 1.80. The summed E-state index contributed by atoms with van der Waals surface area (Å²) in [6, 6.07) is 0. The predicted molar refractivity (Wildman–Crippen MR) is 26.6 cm³/mol. The lowest BCUT2D eigenvalue weighted by atomic mass is 10.2. The van der Waals surface area contributed by atoms with Crippen LogP contribution in [0, 0.1) is 0 Å². The van der Waals surface area contributed by atoms with Gasteiger partial charge in [-0.3, -0.25) is 4.90 Å². The first-order valence-corrected chi connectivity index (χ1v) is 2.71. The van der Waals surface area contributed by atoms with Crippen LogP contribution >= 0.6 is 0 Å². The van der Waals surface area contributed by atoms with Crippen molar-refractivity contribution in [2.45, 2.75) is 13.0 Å². The van der Waals surface area contributed by atoms with Crippen LogP contribution in [-0.4, -0.2) is 30.6 Å². The van der Waals surface area contributed by atoms with E-state index in [9.17, 15) is 5.11 Å². The maximum absolute atomic E-state index is 10.3. The van der Waals surface area contributed by atoms with Gasteiger partial charge in [-0.15, -0.1) is 0 Å². The number of nitrogens with zero attached hydrogens (tertiary/aromatic N) is 1. The molecule has 0 atom stereocenters. The quantitative estimate of drug-likeness (QED) is 0.459. The molecule has 0 spiro atoms. The summed E-state index contributed by atoms with van der Waals surface area (Å²) in [4.78, 5) is 2.14. The maximum atomic E-state index is 10.3. The third kappa shape index (κ3) is 0.924. The first-order chi connectivity index (χ1) is 3.33. The molecule has 0 saturated carbocycles. The molecule has 41 valence electrons. The summed E-state index contributed by atoms with van der Waals surface area (Å²) in [6.45, 7) is 4.66. The fourth-order valence-electron chi connectivity index (χ4n) is 0.781. The standard InChI is InChI=1S/C5H10NO/c1-2-6-3-5(7)4-6/h5H,2-4H2,1H3. The maximum Gasteiger partial charge on any atom is 0.118 e. The Balaban J connectivity index is 2.06. The van der Waals surface area contributed by atoms with E-state index in [-0.39, 0.29) is 6.10 Å². The molecule has 0 N–H and O–H groups in total. The monoisotopic (exact) mass is 100 g/mol. The van der Waals surface area contributed by atoms with Crippen molar-refractivity contribution >= 4 is 0 Å². The van der Waals surface area contributed by atoms with E-state index in [4.69, 9.17) is 0 Å². The molecular formula is C5H10NO. The molecule has 1 radical (unpaired) electrons. The van der Waals surface area contributed by atoms with E-state index in [1.165, 1.54) is 0 Å². The fraction of sp³-hybridized carbons (Fsp3) is 1.00. The second-order valence-corrected chi connectivity index (χ2v) is 1.97. The van der Waals surface area contributed by atoms with Crippen molar-refractivity contribution in [3.8, 4) is 0 Å². The second-order valence-electron chi connectivity index (χ2n) is 1.97. The number of hydrogen-bond donors (Lipinski definition) is 0. The highest BCUT2D eigenvalue weighted by Crippen LogP contribution is 2.04. The van der Waals surface area contributed by atoms with Gasteiger partial charge >= 0.3 is 0 Å². The molecule has 0 aliphatic carbocycles. The van der Waals surface area contributed by atoms with Gasteiger partial charge in [0.25, 0.3) is 0 Å². The molecule has 1 aliphatic heterocycles. The lowest BCUT2D eigenvalue weighted by Gasteiger charge is -2.32. The van der Waals surface area contributed by atoms with Crippen LogP contribution in [0.25, 0.3) is 0 Å². The van der Waals surface area contributed by atoms with Gasteiger partial charge in [0.05, 0.1) is 0 Å². The number of hydrogen-bond acceptors (Lipinski definition) is 1. The Morgan fingerprint density at radius 3 is 2.43 bits per heavy atom. The molecule has 0 unspecified atom stereocenters. The van der Waals surface area contributed by atoms with Gasteiger partial charge in [0, 0.05) is 13.1 Å². The van der Waals surface area contributed by atoms with Crippen molar-refractivity contribution in [2.24, 2.45) is 0 Å². The first-order valence-electron chi connectivity index (χ1n) is 2.71. The summed E-state index contributed by atoms with van der Waals surface area (Å²) >= 11 is 0. The average Bonchev–Trinajstić information content (AvgIpc) is 1.58. The normalized spacial score (nSPS) is 24.9. The summed E-state index contributed by atoms with van der Waals surface area (Å²) in [7, 11) is 0. The zero-order valence-corrected chi connectivity index (χ0v) is 4.55. The Labute approximate surface area is 43.7 Å². The molecular weight excluding hydrogens is 90.1 g/mol. The molecule has 1 fully saturated rings. The van der Waals surface area contributed by atoms with E-state index in [0.29, 0.717) is 0 Å². The zero-order valence-electron chi connectivity index (χ0n) is 4.55. The van der Waals surface area contributed by atoms with Crippen molar-refractivity contribution in [1.29, 1.82) is 0 Å². The molecule has 1 heterocycles. The Morgan fingerprint density at radius 1 is 1.71 bits per heavy atom. The molecule has 1 saturated heterocycles. The minimum atomic E-state index is -0.278. The fourth-order valence-corrected chi connectivity index (χ4v) is 0.781. The van der Waals surface area contributed by atoms with Gasteiger partial charge < -0.3 is 0 Å². The van der Waals surface area contributed by atoms with E-state index in [0.717, 1.165) is 19.6 Å². The number of likely N-dealkylation sites (tertiary alicyclic amines) is 1. The Kier molecular flexibility index (Phi) is 1.30. The van der Waals surface area contributed by atoms with Gasteiger partial charge in [0.2, 0.25) is 0 Å². The third-order valence-corrected chi connectivity index (χ3v) is 1.37. The predicted octanol–water partition coefficient (Wildman–Crippen LogP) is 0.121. The van der Waals surface area contributed by atoms with Crippen molar-refractivity contribution in [2.75, 3.05) is 19.6 Å². The van der Waals surface area contributed by atoms with Crippen molar-refractivity contribution in [3.63, 3.8) is 0 Å². The van der Waals surface area contributed by atoms with Gasteiger partial charge in [-0.1, -0.05) is 6.92 Å². The Hall–Kier alpha value is -0.0800. The van der Waals surface area contributed by atoms with Crippen molar-refractivity contribution in [3.05, 3.63) is 0 Å². The highest BCUT2D eigenvalue weighted by Gasteiger charge is 2.23. The van der Waals surface area contributed by atoms with Crippen LogP contribution in [0.1, 0.15) is 6.92 Å². The summed E-state index contributed by atoms with van der Waals surface area (Å²) in [5.41, 5.74) is 0. The number of rotatable bonds is 1. The lowest BCUT2D eigenvalue weighted by molar-refractivity contribution is -0.0407. The van der Waals surface area contributed by atoms with Crippen LogP contribution in [0.15, 0.2) is 0 Å². The molecule has 2 heteroatoms. The summed E-state index contributed by atoms with van der Waals surface area (Å²) in [5.74, 6) is 0. The van der Waals surface area contributed by atoms with Crippen LogP contribution in [0.2, 0.25) is 0 Å². The van der Waals surface area contributed by atoms with Gasteiger partial charge in [-0.2, -0.15) is 0 Å². The largest absolute Gasteiger partial charge is 0.298 e.